The molecule has 2 amide bonds. The Kier molecular flexibility index (Phi) is 8.96. The highest BCUT2D eigenvalue weighted by Gasteiger charge is 2.36. The molecular formula is C15H23N3O9S. The number of ether oxygens (including phenoxy) is 1. The number of carboxylic acids is 1. The van der Waals surface area contributed by atoms with Crippen LogP contribution in [-0.2, 0) is 24.0 Å². The Morgan fingerprint density at radius 2 is 1.96 bits per heavy atom. The molecule has 158 valence electrons. The van der Waals surface area contributed by atoms with E-state index in [1.165, 1.54) is 11.8 Å². The molecule has 1 aliphatic heterocycles. The van der Waals surface area contributed by atoms with Crippen LogP contribution in [0.2, 0.25) is 0 Å². The maximum Gasteiger partial charge on any atom is 0.409 e. The molecule has 2 N–H and O–H groups in total. The smallest absolute Gasteiger partial charge is 0.409 e. The lowest BCUT2D eigenvalue weighted by atomic mass is 10.1. The van der Waals surface area contributed by atoms with E-state index in [1.54, 1.807) is 6.92 Å². The molecule has 1 fully saturated rings. The van der Waals surface area contributed by atoms with Crippen molar-refractivity contribution in [2.75, 3.05) is 12.3 Å². The SMILES string of the molecule is CC(OC(=O)NC(C)C(=O)SC[C@@H](C)C(=O)N1CCC[C@H]1C(=O)O)O[N+](=O)[O-]. The molecule has 0 bridgehead atoms. The highest BCUT2D eigenvalue weighted by atomic mass is 32.2. The first-order valence-electron chi connectivity index (χ1n) is 8.51. The molecule has 13 heteroatoms. The molecule has 1 heterocycles. The monoisotopic (exact) mass is 421 g/mol. The molecule has 0 spiro atoms. The van der Waals surface area contributed by atoms with E-state index in [0.717, 1.165) is 18.7 Å². The van der Waals surface area contributed by atoms with Crippen LogP contribution in [0.4, 0.5) is 4.79 Å². The van der Waals surface area contributed by atoms with Crippen LogP contribution in [0, 0.1) is 16.0 Å². The van der Waals surface area contributed by atoms with Gasteiger partial charge in [0.25, 0.3) is 5.09 Å². The number of nitrogens with zero attached hydrogens (tertiary/aromatic N) is 2. The fraction of sp³-hybridized carbons (Fsp3) is 0.733. The highest BCUT2D eigenvalue weighted by molar-refractivity contribution is 8.13. The van der Waals surface area contributed by atoms with Crippen LogP contribution < -0.4 is 5.32 Å². The van der Waals surface area contributed by atoms with Crippen molar-refractivity contribution in [1.82, 2.24) is 10.2 Å². The zero-order chi connectivity index (χ0) is 21.4. The third-order valence-corrected chi connectivity index (χ3v) is 5.22. The first-order valence-corrected chi connectivity index (χ1v) is 9.49. The summed E-state index contributed by atoms with van der Waals surface area (Å²) in [6.07, 6.45) is -1.49. The number of hydrogen-bond donors (Lipinski definition) is 2. The molecule has 0 aromatic rings. The van der Waals surface area contributed by atoms with Crippen molar-refractivity contribution in [3.05, 3.63) is 10.1 Å². The van der Waals surface area contributed by atoms with Gasteiger partial charge in [0, 0.05) is 18.2 Å². The summed E-state index contributed by atoms with van der Waals surface area (Å²) >= 11 is 0.817. The Bertz CT molecular complexity index is 630. The fourth-order valence-electron chi connectivity index (χ4n) is 2.54. The topological polar surface area (TPSA) is 165 Å². The van der Waals surface area contributed by atoms with E-state index in [4.69, 9.17) is 5.11 Å². The normalized spacial score (nSPS) is 19.2. The second kappa shape index (κ2) is 10.7. The van der Waals surface area contributed by atoms with Crippen molar-refractivity contribution in [3.8, 4) is 0 Å². The molecule has 0 aromatic carbocycles. The lowest BCUT2D eigenvalue weighted by Crippen LogP contribution is -2.43. The predicted octanol–water partition coefficient (Wildman–Crippen LogP) is 0.627. The minimum absolute atomic E-state index is 0.114. The first-order chi connectivity index (χ1) is 13.0. The minimum Gasteiger partial charge on any atom is -0.480 e. The van der Waals surface area contributed by atoms with Crippen LogP contribution in [0.5, 0.6) is 0 Å². The number of carboxylic acid groups (broad SMARTS) is 1. The van der Waals surface area contributed by atoms with Gasteiger partial charge in [-0.25, -0.2) is 9.59 Å². The van der Waals surface area contributed by atoms with E-state index >= 15 is 0 Å². The van der Waals surface area contributed by atoms with Gasteiger partial charge in [-0.2, -0.15) is 0 Å². The van der Waals surface area contributed by atoms with Gasteiger partial charge in [0.15, 0.2) is 0 Å². The number of carbonyl (C=O) groups is 4. The largest absolute Gasteiger partial charge is 0.480 e. The van der Waals surface area contributed by atoms with Crippen LogP contribution in [0.3, 0.4) is 0 Å². The molecule has 1 rings (SSSR count). The van der Waals surface area contributed by atoms with Gasteiger partial charge in [-0.3, -0.25) is 14.4 Å². The second-order valence-corrected chi connectivity index (χ2v) is 7.25. The summed E-state index contributed by atoms with van der Waals surface area (Å²) in [5, 5.41) is 19.9. The average Bonchev–Trinajstić information content (AvgIpc) is 3.07. The number of nitrogens with one attached hydrogen (secondary N) is 1. The average molecular weight is 421 g/mol. The van der Waals surface area contributed by atoms with Crippen LogP contribution in [0.15, 0.2) is 0 Å². The van der Waals surface area contributed by atoms with E-state index in [2.05, 4.69) is 14.9 Å². The number of amides is 2. The van der Waals surface area contributed by atoms with Gasteiger partial charge in [-0.05, 0) is 26.7 Å². The molecule has 0 saturated carbocycles. The van der Waals surface area contributed by atoms with Crippen molar-refractivity contribution in [1.29, 1.82) is 0 Å². The molecular weight excluding hydrogens is 398 g/mol. The molecule has 1 saturated heterocycles. The summed E-state index contributed by atoms with van der Waals surface area (Å²) in [5.74, 6) is -1.85. The van der Waals surface area contributed by atoms with Crippen LogP contribution in [0.25, 0.3) is 0 Å². The van der Waals surface area contributed by atoms with Crippen LogP contribution >= 0.6 is 11.8 Å². The number of likely N-dealkylation sites (tertiary alicyclic amines) is 1. The summed E-state index contributed by atoms with van der Waals surface area (Å²) in [6, 6.07) is -1.81. The summed E-state index contributed by atoms with van der Waals surface area (Å²) < 4.78 is 4.56. The van der Waals surface area contributed by atoms with E-state index in [1.807, 2.05) is 0 Å². The quantitative estimate of drug-likeness (QED) is 0.306. The van der Waals surface area contributed by atoms with E-state index < -0.39 is 46.6 Å². The Labute approximate surface area is 165 Å². The summed E-state index contributed by atoms with van der Waals surface area (Å²) in [4.78, 5) is 62.7. The Balaban J connectivity index is 2.43. The molecule has 4 atom stereocenters. The van der Waals surface area contributed by atoms with Crippen LogP contribution in [0.1, 0.15) is 33.6 Å². The Morgan fingerprint density at radius 1 is 1.32 bits per heavy atom. The van der Waals surface area contributed by atoms with Gasteiger partial charge in [-0.1, -0.05) is 18.7 Å². The number of aliphatic carboxylic acids is 1. The number of hydrogen-bond acceptors (Lipinski definition) is 9. The molecule has 1 aliphatic rings. The maximum atomic E-state index is 12.4. The summed E-state index contributed by atoms with van der Waals surface area (Å²) in [6.45, 7) is 4.50. The van der Waals surface area contributed by atoms with Crippen LogP contribution in [-0.4, -0.2) is 68.8 Å². The summed E-state index contributed by atoms with van der Waals surface area (Å²) in [7, 11) is 0. The number of carbonyl (C=O) groups excluding carboxylic acids is 3. The van der Waals surface area contributed by atoms with Gasteiger partial charge in [0.1, 0.15) is 6.04 Å². The maximum absolute atomic E-state index is 12.4. The molecule has 28 heavy (non-hydrogen) atoms. The lowest BCUT2D eigenvalue weighted by molar-refractivity contribution is -0.777. The molecule has 0 radical (unpaired) electrons. The predicted molar refractivity (Wildman–Crippen MR) is 95.6 cm³/mol. The van der Waals surface area contributed by atoms with Crippen molar-refractivity contribution in [2.24, 2.45) is 5.92 Å². The van der Waals surface area contributed by atoms with Gasteiger partial charge in [0.2, 0.25) is 17.3 Å². The minimum atomic E-state index is -1.44. The van der Waals surface area contributed by atoms with Gasteiger partial charge in [-0.15, -0.1) is 10.1 Å². The van der Waals surface area contributed by atoms with Crippen molar-refractivity contribution >= 4 is 34.8 Å². The molecule has 12 nitrogen and oxygen atoms in total. The van der Waals surface area contributed by atoms with Crippen molar-refractivity contribution < 1.29 is 38.9 Å². The van der Waals surface area contributed by atoms with Crippen molar-refractivity contribution in [3.63, 3.8) is 0 Å². The van der Waals surface area contributed by atoms with Gasteiger partial charge in [0.05, 0.1) is 6.04 Å². The number of rotatable bonds is 9. The first kappa shape index (κ1) is 23.5. The van der Waals surface area contributed by atoms with Gasteiger partial charge >= 0.3 is 12.1 Å². The zero-order valence-electron chi connectivity index (χ0n) is 15.7. The third-order valence-electron chi connectivity index (χ3n) is 3.91. The lowest BCUT2D eigenvalue weighted by Gasteiger charge is -2.24. The zero-order valence-corrected chi connectivity index (χ0v) is 16.5. The van der Waals surface area contributed by atoms with E-state index in [0.29, 0.717) is 19.4 Å². The van der Waals surface area contributed by atoms with E-state index in [-0.39, 0.29) is 11.7 Å². The van der Waals surface area contributed by atoms with E-state index in [9.17, 15) is 29.3 Å². The molecule has 2 unspecified atom stereocenters. The highest BCUT2D eigenvalue weighted by Crippen LogP contribution is 2.22. The van der Waals surface area contributed by atoms with Crippen molar-refractivity contribution in [2.45, 2.75) is 52.0 Å². The molecule has 0 aliphatic carbocycles. The third kappa shape index (κ3) is 7.21. The molecule has 0 aromatic heterocycles. The fourth-order valence-corrected chi connectivity index (χ4v) is 3.40. The Morgan fingerprint density at radius 3 is 2.54 bits per heavy atom. The second-order valence-electron chi connectivity index (χ2n) is 6.23. The standard InChI is InChI=1S/C15H23N3O9S/c1-8(12(19)17-6-4-5-11(17)13(20)21)7-28-14(22)9(2)16-15(23)26-10(3)27-18(24)25/h8-11H,4-7H2,1-3H3,(H,16,23)(H,20,21)/t8-,9?,10?,11+/m1/s1. The summed E-state index contributed by atoms with van der Waals surface area (Å²) in [5.41, 5.74) is 0. The van der Waals surface area contributed by atoms with Gasteiger partial charge < -0.3 is 20.1 Å². The number of thioether (sulfide) groups is 1. The Hall–Kier alpha value is -2.57. The number of alkyl carbamates (subject to hydrolysis) is 1.